The summed E-state index contributed by atoms with van der Waals surface area (Å²) in [5, 5.41) is 4.97. The molecule has 0 radical (unpaired) electrons. The van der Waals surface area contributed by atoms with Crippen molar-refractivity contribution in [3.8, 4) is 0 Å². The minimum Gasteiger partial charge on any atom is -0.352 e. The lowest BCUT2D eigenvalue weighted by molar-refractivity contribution is -0.118. The van der Waals surface area contributed by atoms with E-state index >= 15 is 0 Å². The van der Waals surface area contributed by atoms with Crippen LogP contribution in [0.4, 0.5) is 14.9 Å². The summed E-state index contributed by atoms with van der Waals surface area (Å²) in [4.78, 5) is 22.8. The Morgan fingerprint density at radius 3 is 2.53 bits per heavy atom. The molecule has 1 atom stereocenters. The SMILES string of the molecule is CC(C)[C@H](NC(N)=O)C(=O)Nc1cc(Cl)ccc1F. The fourth-order valence-corrected chi connectivity index (χ4v) is 1.66. The number of amides is 3. The number of nitrogens with one attached hydrogen (secondary N) is 2. The molecule has 0 aliphatic rings. The minimum atomic E-state index is -0.851. The van der Waals surface area contributed by atoms with Gasteiger partial charge in [0, 0.05) is 5.02 Å². The third-order valence-electron chi connectivity index (χ3n) is 2.43. The molecule has 0 aromatic heterocycles. The Morgan fingerprint density at radius 1 is 1.37 bits per heavy atom. The highest BCUT2D eigenvalue weighted by molar-refractivity contribution is 6.30. The molecule has 1 rings (SSSR count). The Kier molecular flexibility index (Phi) is 5.11. The zero-order valence-electron chi connectivity index (χ0n) is 10.5. The molecule has 4 N–H and O–H groups in total. The minimum absolute atomic E-state index is 0.0468. The van der Waals surface area contributed by atoms with E-state index in [9.17, 15) is 14.0 Å². The Morgan fingerprint density at radius 2 is 2.00 bits per heavy atom. The second-order valence-electron chi connectivity index (χ2n) is 4.34. The zero-order chi connectivity index (χ0) is 14.6. The molecule has 0 saturated carbocycles. The van der Waals surface area contributed by atoms with Crippen LogP contribution in [0.1, 0.15) is 13.8 Å². The predicted octanol–water partition coefficient (Wildman–Crippen LogP) is 2.11. The Bertz CT molecular complexity index is 494. The second kappa shape index (κ2) is 6.38. The monoisotopic (exact) mass is 287 g/mol. The van der Waals surface area contributed by atoms with Gasteiger partial charge in [-0.3, -0.25) is 4.79 Å². The van der Waals surface area contributed by atoms with Crippen molar-refractivity contribution in [1.29, 1.82) is 0 Å². The summed E-state index contributed by atoms with van der Waals surface area (Å²) in [6, 6.07) is 2.13. The summed E-state index contributed by atoms with van der Waals surface area (Å²) >= 11 is 5.72. The van der Waals surface area contributed by atoms with Crippen molar-refractivity contribution in [1.82, 2.24) is 5.32 Å². The molecule has 7 heteroatoms. The first-order valence-electron chi connectivity index (χ1n) is 5.63. The van der Waals surface area contributed by atoms with Gasteiger partial charge >= 0.3 is 6.03 Å². The van der Waals surface area contributed by atoms with Gasteiger partial charge in [-0.05, 0) is 24.1 Å². The summed E-state index contributed by atoms with van der Waals surface area (Å²) < 4.78 is 13.5. The first-order valence-corrected chi connectivity index (χ1v) is 6.01. The molecule has 0 unspecified atom stereocenters. The molecule has 5 nitrogen and oxygen atoms in total. The highest BCUT2D eigenvalue weighted by Gasteiger charge is 2.24. The number of urea groups is 1. The number of carbonyl (C=O) groups is 2. The van der Waals surface area contributed by atoms with Gasteiger partial charge in [-0.2, -0.15) is 0 Å². The normalized spacial score (nSPS) is 12.1. The lowest BCUT2D eigenvalue weighted by Crippen LogP contribution is -2.49. The molecular weight excluding hydrogens is 273 g/mol. The number of nitrogens with two attached hydrogens (primary N) is 1. The van der Waals surface area contributed by atoms with Crippen molar-refractivity contribution >= 4 is 29.2 Å². The number of hydrogen-bond acceptors (Lipinski definition) is 2. The van der Waals surface area contributed by atoms with Crippen LogP contribution in [0, 0.1) is 11.7 Å². The number of halogens is 2. The van der Waals surface area contributed by atoms with Crippen LogP contribution in [0.25, 0.3) is 0 Å². The van der Waals surface area contributed by atoms with Crippen molar-refractivity contribution in [3.05, 3.63) is 29.0 Å². The van der Waals surface area contributed by atoms with Gasteiger partial charge < -0.3 is 16.4 Å². The predicted molar refractivity (Wildman–Crippen MR) is 71.4 cm³/mol. The Balaban J connectivity index is 2.87. The third kappa shape index (κ3) is 4.40. The van der Waals surface area contributed by atoms with Gasteiger partial charge in [-0.1, -0.05) is 25.4 Å². The van der Waals surface area contributed by atoms with Crippen molar-refractivity contribution in [2.45, 2.75) is 19.9 Å². The van der Waals surface area contributed by atoms with Crippen molar-refractivity contribution in [2.24, 2.45) is 11.7 Å². The molecule has 19 heavy (non-hydrogen) atoms. The summed E-state index contributed by atoms with van der Waals surface area (Å²) in [5.74, 6) is -1.37. The average molecular weight is 288 g/mol. The van der Waals surface area contributed by atoms with E-state index in [1.54, 1.807) is 13.8 Å². The smallest absolute Gasteiger partial charge is 0.312 e. The van der Waals surface area contributed by atoms with Crippen LogP contribution in [-0.2, 0) is 4.79 Å². The lowest BCUT2D eigenvalue weighted by atomic mass is 10.0. The van der Waals surface area contributed by atoms with Crippen molar-refractivity contribution in [3.63, 3.8) is 0 Å². The zero-order valence-corrected chi connectivity index (χ0v) is 11.3. The topological polar surface area (TPSA) is 84.2 Å². The number of primary amides is 1. The van der Waals surface area contributed by atoms with Gasteiger partial charge in [0.15, 0.2) is 0 Å². The molecule has 0 bridgehead atoms. The van der Waals surface area contributed by atoms with E-state index in [1.165, 1.54) is 12.1 Å². The highest BCUT2D eigenvalue weighted by atomic mass is 35.5. The molecule has 0 spiro atoms. The number of carbonyl (C=O) groups excluding carboxylic acids is 2. The Hall–Kier alpha value is -1.82. The maximum Gasteiger partial charge on any atom is 0.312 e. The summed E-state index contributed by atoms with van der Waals surface area (Å²) in [6.45, 7) is 3.46. The van der Waals surface area contributed by atoms with Crippen LogP contribution >= 0.6 is 11.6 Å². The largest absolute Gasteiger partial charge is 0.352 e. The van der Waals surface area contributed by atoms with Gasteiger partial charge in [-0.25, -0.2) is 9.18 Å². The Labute approximate surface area is 115 Å². The van der Waals surface area contributed by atoms with Crippen LogP contribution in [0.15, 0.2) is 18.2 Å². The van der Waals surface area contributed by atoms with Crippen LogP contribution in [0.3, 0.4) is 0 Å². The third-order valence-corrected chi connectivity index (χ3v) is 2.67. The van der Waals surface area contributed by atoms with E-state index in [4.69, 9.17) is 17.3 Å². The highest BCUT2D eigenvalue weighted by Crippen LogP contribution is 2.20. The van der Waals surface area contributed by atoms with Crippen LogP contribution in [0.5, 0.6) is 0 Å². The molecule has 0 heterocycles. The maximum absolute atomic E-state index is 13.5. The molecule has 0 fully saturated rings. The van der Waals surface area contributed by atoms with E-state index in [0.29, 0.717) is 5.02 Å². The van der Waals surface area contributed by atoms with Crippen LogP contribution in [0.2, 0.25) is 5.02 Å². The quantitative estimate of drug-likeness (QED) is 0.792. The number of benzene rings is 1. The van der Waals surface area contributed by atoms with Gasteiger partial charge in [0.05, 0.1) is 5.69 Å². The van der Waals surface area contributed by atoms with Gasteiger partial charge in [0.2, 0.25) is 5.91 Å². The molecule has 1 aromatic rings. The lowest BCUT2D eigenvalue weighted by Gasteiger charge is -2.20. The molecular formula is C12H15ClFN3O2. The van der Waals surface area contributed by atoms with Crippen molar-refractivity contribution in [2.75, 3.05) is 5.32 Å². The van der Waals surface area contributed by atoms with Crippen LogP contribution in [-0.4, -0.2) is 18.0 Å². The number of rotatable bonds is 4. The molecule has 0 aliphatic heterocycles. The standard InChI is InChI=1S/C12H15ClFN3O2/c1-6(2)10(17-12(15)19)11(18)16-9-5-7(13)3-4-8(9)14/h3-6,10H,1-2H3,(H,16,18)(H3,15,17,19)/t10-/m0/s1. The van der Waals surface area contributed by atoms with Crippen molar-refractivity contribution < 1.29 is 14.0 Å². The molecule has 104 valence electrons. The number of hydrogen-bond donors (Lipinski definition) is 3. The van der Waals surface area contributed by atoms with E-state index in [-0.39, 0.29) is 11.6 Å². The van der Waals surface area contributed by atoms with Gasteiger partial charge in [0.25, 0.3) is 0 Å². The van der Waals surface area contributed by atoms with Gasteiger partial charge in [0.1, 0.15) is 11.9 Å². The van der Waals surface area contributed by atoms with E-state index in [1.807, 2.05) is 0 Å². The summed E-state index contributed by atoms with van der Waals surface area (Å²) in [7, 11) is 0. The second-order valence-corrected chi connectivity index (χ2v) is 4.78. The summed E-state index contributed by atoms with van der Waals surface area (Å²) in [6.07, 6.45) is 0. The fourth-order valence-electron chi connectivity index (χ4n) is 1.49. The molecule has 1 aromatic carbocycles. The number of anilines is 1. The van der Waals surface area contributed by atoms with Gasteiger partial charge in [-0.15, -0.1) is 0 Å². The molecule has 3 amide bonds. The van der Waals surface area contributed by atoms with E-state index < -0.39 is 23.8 Å². The average Bonchev–Trinajstić information content (AvgIpc) is 2.30. The molecule has 0 saturated heterocycles. The maximum atomic E-state index is 13.5. The van der Waals surface area contributed by atoms with E-state index in [0.717, 1.165) is 6.07 Å². The first kappa shape index (κ1) is 15.2. The van der Waals surface area contributed by atoms with Crippen LogP contribution < -0.4 is 16.4 Å². The summed E-state index contributed by atoms with van der Waals surface area (Å²) in [5.41, 5.74) is 4.94. The fraction of sp³-hybridized carbons (Fsp3) is 0.333. The first-order chi connectivity index (χ1) is 8.81. The molecule has 0 aliphatic carbocycles. The van der Waals surface area contributed by atoms with E-state index in [2.05, 4.69) is 10.6 Å².